The van der Waals surface area contributed by atoms with E-state index in [0.29, 0.717) is 22.8 Å². The van der Waals surface area contributed by atoms with Gasteiger partial charge in [-0.3, -0.25) is 9.69 Å². The van der Waals surface area contributed by atoms with E-state index in [9.17, 15) is 27.2 Å². The Morgan fingerprint density at radius 1 is 1.07 bits per heavy atom. The van der Waals surface area contributed by atoms with Crippen molar-refractivity contribution in [1.29, 1.82) is 0 Å². The molecule has 0 saturated carbocycles. The van der Waals surface area contributed by atoms with Crippen LogP contribution in [0.25, 0.3) is 22.9 Å². The smallest absolute Gasteiger partial charge is 0.406 e. The van der Waals surface area contributed by atoms with Crippen molar-refractivity contribution in [2.45, 2.75) is 26.1 Å². The van der Waals surface area contributed by atoms with E-state index >= 15 is 0 Å². The van der Waals surface area contributed by atoms with Crippen LogP contribution in [-0.2, 0) is 4.79 Å². The summed E-state index contributed by atoms with van der Waals surface area (Å²) < 4.78 is 57.3. The second-order valence-corrected chi connectivity index (χ2v) is 10.6. The van der Waals surface area contributed by atoms with Gasteiger partial charge in [-0.05, 0) is 41.8 Å². The normalized spacial score (nSPS) is 14.9. The van der Waals surface area contributed by atoms with Crippen LogP contribution in [0.4, 0.5) is 28.0 Å². The zero-order valence-electron chi connectivity index (χ0n) is 23.2. The Balaban J connectivity index is 1.24. The van der Waals surface area contributed by atoms with Crippen LogP contribution in [0.2, 0.25) is 0 Å². The van der Waals surface area contributed by atoms with E-state index in [1.54, 1.807) is 24.3 Å². The number of anilines is 1. The van der Waals surface area contributed by atoms with Crippen LogP contribution in [-0.4, -0.2) is 44.0 Å². The van der Waals surface area contributed by atoms with Crippen molar-refractivity contribution in [2.75, 3.05) is 10.7 Å². The molecule has 1 aliphatic rings. The van der Waals surface area contributed by atoms with Crippen molar-refractivity contribution < 1.29 is 31.9 Å². The van der Waals surface area contributed by atoms with Gasteiger partial charge in [-0.1, -0.05) is 68.1 Å². The Morgan fingerprint density at radius 2 is 1.77 bits per heavy atom. The minimum atomic E-state index is -4.79. The SMILES string of the molecule is CC(C)c1ccccc1N1C(=O)CSC1=NC(=O)N/C=C(\F)c1ccc(-c2ncn(-c3ccc(OC(F)(F)F)cc3)n2)cc1. The van der Waals surface area contributed by atoms with E-state index in [1.165, 1.54) is 40.2 Å². The van der Waals surface area contributed by atoms with Gasteiger partial charge in [0.15, 0.2) is 11.0 Å². The fraction of sp³-hybridized carbons (Fsp3) is 0.167. The molecule has 3 aromatic carbocycles. The van der Waals surface area contributed by atoms with E-state index in [1.807, 2.05) is 26.0 Å². The summed E-state index contributed by atoms with van der Waals surface area (Å²) in [6.07, 6.45) is -2.52. The van der Waals surface area contributed by atoms with Crippen molar-refractivity contribution in [3.05, 3.63) is 96.5 Å². The van der Waals surface area contributed by atoms with Gasteiger partial charge >= 0.3 is 12.4 Å². The van der Waals surface area contributed by atoms with Gasteiger partial charge < -0.3 is 10.1 Å². The first-order valence-corrected chi connectivity index (χ1v) is 14.2. The summed E-state index contributed by atoms with van der Waals surface area (Å²) in [7, 11) is 0. The minimum absolute atomic E-state index is 0.130. The van der Waals surface area contributed by atoms with E-state index in [2.05, 4.69) is 25.1 Å². The zero-order valence-corrected chi connectivity index (χ0v) is 24.1. The van der Waals surface area contributed by atoms with E-state index in [-0.39, 0.29) is 34.1 Å². The molecule has 14 heteroatoms. The maximum atomic E-state index is 14.9. The molecule has 1 aliphatic heterocycles. The molecule has 1 aromatic heterocycles. The van der Waals surface area contributed by atoms with Gasteiger partial charge in [0.25, 0.3) is 0 Å². The Bertz CT molecular complexity index is 1730. The number of hydrogen-bond acceptors (Lipinski definition) is 6. The van der Waals surface area contributed by atoms with E-state index < -0.39 is 18.2 Å². The van der Waals surface area contributed by atoms with Crippen LogP contribution in [0.1, 0.15) is 30.9 Å². The molecule has 0 radical (unpaired) electrons. The van der Waals surface area contributed by atoms with Gasteiger partial charge in [0.2, 0.25) is 5.91 Å². The fourth-order valence-electron chi connectivity index (χ4n) is 4.29. The number of urea groups is 1. The van der Waals surface area contributed by atoms with Crippen LogP contribution in [0, 0.1) is 0 Å². The topological polar surface area (TPSA) is 102 Å². The maximum absolute atomic E-state index is 14.9. The highest BCUT2D eigenvalue weighted by atomic mass is 32.2. The zero-order chi connectivity index (χ0) is 31.4. The summed E-state index contributed by atoms with van der Waals surface area (Å²) in [4.78, 5) is 34.8. The molecule has 0 bridgehead atoms. The van der Waals surface area contributed by atoms with Crippen molar-refractivity contribution >= 4 is 40.4 Å². The number of benzene rings is 3. The van der Waals surface area contributed by atoms with Crippen LogP contribution in [0.3, 0.4) is 0 Å². The summed E-state index contributed by atoms with van der Waals surface area (Å²) in [6, 6.07) is 17.8. The van der Waals surface area contributed by atoms with Crippen molar-refractivity contribution in [3.8, 4) is 22.8 Å². The molecule has 3 amide bonds. The summed E-state index contributed by atoms with van der Waals surface area (Å²) in [5.41, 5.74) is 2.76. The number of nitrogens with zero attached hydrogens (tertiary/aromatic N) is 5. The summed E-state index contributed by atoms with van der Waals surface area (Å²) in [5.74, 6) is -0.736. The number of hydrogen-bond donors (Lipinski definition) is 1. The molecular weight excluding hydrogens is 600 g/mol. The summed E-state index contributed by atoms with van der Waals surface area (Å²) in [6.45, 7) is 4.00. The number of carbonyl (C=O) groups excluding carboxylic acids is 2. The van der Waals surface area contributed by atoms with Gasteiger partial charge in [-0.25, -0.2) is 18.9 Å². The highest BCUT2D eigenvalue weighted by Crippen LogP contribution is 2.33. The number of carbonyl (C=O) groups is 2. The number of rotatable bonds is 7. The van der Waals surface area contributed by atoms with Crippen LogP contribution < -0.4 is 15.0 Å². The first-order chi connectivity index (χ1) is 21.0. The quantitative estimate of drug-likeness (QED) is 0.221. The molecule has 226 valence electrons. The molecule has 5 rings (SSSR count). The van der Waals surface area contributed by atoms with Gasteiger partial charge in [-0.15, -0.1) is 18.3 Å². The third kappa shape index (κ3) is 7.14. The molecule has 1 fully saturated rings. The number of para-hydroxylation sites is 1. The molecule has 44 heavy (non-hydrogen) atoms. The predicted molar refractivity (Wildman–Crippen MR) is 159 cm³/mol. The maximum Gasteiger partial charge on any atom is 0.573 e. The number of nitrogens with one attached hydrogen (secondary N) is 1. The van der Waals surface area contributed by atoms with Gasteiger partial charge in [0.05, 0.1) is 17.1 Å². The Labute approximate surface area is 253 Å². The molecule has 1 saturated heterocycles. The third-order valence-corrected chi connectivity index (χ3v) is 7.25. The highest BCUT2D eigenvalue weighted by molar-refractivity contribution is 8.15. The molecular formula is C30H24F4N6O3S. The van der Waals surface area contributed by atoms with E-state index in [4.69, 9.17) is 0 Å². The number of aromatic nitrogens is 3. The molecule has 0 unspecified atom stereocenters. The lowest BCUT2D eigenvalue weighted by Crippen LogP contribution is -2.31. The van der Waals surface area contributed by atoms with Crippen LogP contribution >= 0.6 is 11.8 Å². The molecule has 0 aliphatic carbocycles. The molecule has 4 aromatic rings. The first-order valence-electron chi connectivity index (χ1n) is 13.2. The fourth-order valence-corrected chi connectivity index (χ4v) is 5.15. The van der Waals surface area contributed by atoms with Crippen molar-refractivity contribution in [1.82, 2.24) is 20.1 Å². The number of amides is 3. The number of aliphatic imine (C=N–C) groups is 1. The number of halogens is 4. The van der Waals surface area contributed by atoms with Crippen molar-refractivity contribution in [3.63, 3.8) is 0 Å². The lowest BCUT2D eigenvalue weighted by atomic mass is 10.0. The number of amidine groups is 1. The Kier molecular flexibility index (Phi) is 8.81. The molecule has 0 spiro atoms. The average molecular weight is 625 g/mol. The van der Waals surface area contributed by atoms with E-state index in [0.717, 1.165) is 35.7 Å². The molecule has 1 N–H and O–H groups in total. The van der Waals surface area contributed by atoms with Crippen LogP contribution in [0.15, 0.2) is 90.3 Å². The predicted octanol–water partition coefficient (Wildman–Crippen LogP) is 7.07. The number of alkyl halides is 3. The van der Waals surface area contributed by atoms with Gasteiger partial charge in [0, 0.05) is 17.3 Å². The minimum Gasteiger partial charge on any atom is -0.406 e. The molecule has 2 heterocycles. The van der Waals surface area contributed by atoms with Gasteiger partial charge in [0.1, 0.15) is 17.9 Å². The third-order valence-electron chi connectivity index (χ3n) is 6.33. The largest absolute Gasteiger partial charge is 0.573 e. The highest BCUT2D eigenvalue weighted by Gasteiger charge is 2.32. The second kappa shape index (κ2) is 12.7. The first kappa shape index (κ1) is 30.5. The van der Waals surface area contributed by atoms with Gasteiger partial charge in [-0.2, -0.15) is 4.99 Å². The number of thioether (sulfide) groups is 1. The van der Waals surface area contributed by atoms with Crippen molar-refractivity contribution in [2.24, 2.45) is 4.99 Å². The summed E-state index contributed by atoms with van der Waals surface area (Å²) in [5, 5.41) is 6.83. The average Bonchev–Trinajstić information content (AvgIpc) is 3.62. The van der Waals surface area contributed by atoms with Crippen LogP contribution in [0.5, 0.6) is 5.75 Å². The Hall–Kier alpha value is -4.98. The second-order valence-electron chi connectivity index (χ2n) is 9.70. The standard InChI is InChI=1S/C30H24F4N6O3S/c1-18(2)23-5-3-4-6-25(23)40-26(41)16-44-29(40)37-28(42)35-15-24(31)19-7-9-20(10-8-19)27-36-17-39(38-27)21-11-13-22(14-12-21)43-30(32,33)34/h3-15,17-18H,16H2,1-2H3,(H,35,42)/b24-15-,37-29?. The Morgan fingerprint density at radius 3 is 2.45 bits per heavy atom. The monoisotopic (exact) mass is 624 g/mol. The number of ether oxygens (including phenoxy) is 1. The summed E-state index contributed by atoms with van der Waals surface area (Å²) >= 11 is 1.13. The molecule has 9 nitrogen and oxygen atoms in total. The lowest BCUT2D eigenvalue weighted by molar-refractivity contribution is -0.274. The molecule has 0 atom stereocenters. The lowest BCUT2D eigenvalue weighted by Gasteiger charge is -2.21.